The van der Waals surface area contributed by atoms with E-state index in [1.165, 1.54) is 16.5 Å². The molecule has 1 N–H and O–H groups in total. The topological polar surface area (TPSA) is 37.8 Å². The Morgan fingerprint density at radius 3 is 2.64 bits per heavy atom. The molecule has 1 aliphatic rings. The van der Waals surface area contributed by atoms with E-state index in [4.69, 9.17) is 9.97 Å². The van der Waals surface area contributed by atoms with Crippen molar-refractivity contribution in [3.63, 3.8) is 0 Å². The van der Waals surface area contributed by atoms with E-state index in [1.54, 1.807) is 11.3 Å². The normalized spacial score (nSPS) is 13.1. The van der Waals surface area contributed by atoms with E-state index < -0.39 is 11.6 Å². The molecule has 0 amide bonds. The SMILES string of the molecule is Fc1ccc(Nc2nc(Cc3ccccc3)nc3sc4c(c23)CCC4)cc1F. The molecule has 0 spiro atoms. The number of aromatic nitrogens is 2. The highest BCUT2D eigenvalue weighted by molar-refractivity contribution is 7.19. The second-order valence-electron chi connectivity index (χ2n) is 6.94. The van der Waals surface area contributed by atoms with E-state index in [0.29, 0.717) is 23.8 Å². The number of thiophene rings is 1. The Labute approximate surface area is 165 Å². The van der Waals surface area contributed by atoms with E-state index in [-0.39, 0.29) is 0 Å². The highest BCUT2D eigenvalue weighted by Gasteiger charge is 2.22. The average Bonchev–Trinajstić information content (AvgIpc) is 3.26. The summed E-state index contributed by atoms with van der Waals surface area (Å²) >= 11 is 1.72. The lowest BCUT2D eigenvalue weighted by Gasteiger charge is -2.11. The third kappa shape index (κ3) is 3.14. The van der Waals surface area contributed by atoms with E-state index in [1.807, 2.05) is 30.3 Å². The molecule has 2 aromatic heterocycles. The maximum atomic E-state index is 13.7. The molecule has 0 aliphatic heterocycles. The summed E-state index contributed by atoms with van der Waals surface area (Å²) in [6.45, 7) is 0. The first-order valence-electron chi connectivity index (χ1n) is 9.24. The first kappa shape index (κ1) is 17.3. The molecule has 0 radical (unpaired) electrons. The molecule has 5 rings (SSSR count). The van der Waals surface area contributed by atoms with Crippen molar-refractivity contribution in [2.45, 2.75) is 25.7 Å². The fraction of sp³-hybridized carbons (Fsp3) is 0.182. The van der Waals surface area contributed by atoms with E-state index in [9.17, 15) is 8.78 Å². The quantitative estimate of drug-likeness (QED) is 0.477. The van der Waals surface area contributed by atoms with Gasteiger partial charge in [-0.2, -0.15) is 0 Å². The number of aryl methyl sites for hydroxylation is 2. The van der Waals surface area contributed by atoms with E-state index in [2.05, 4.69) is 5.32 Å². The zero-order valence-electron chi connectivity index (χ0n) is 15.0. The Hall–Kier alpha value is -2.86. The van der Waals surface area contributed by atoms with Gasteiger partial charge in [-0.05, 0) is 42.5 Å². The molecule has 0 atom stereocenters. The van der Waals surface area contributed by atoms with Crippen molar-refractivity contribution in [2.75, 3.05) is 5.32 Å². The van der Waals surface area contributed by atoms with Crippen molar-refractivity contribution in [2.24, 2.45) is 0 Å². The minimum absolute atomic E-state index is 0.475. The Balaban J connectivity index is 1.61. The van der Waals surface area contributed by atoms with Crippen LogP contribution in [0.3, 0.4) is 0 Å². The van der Waals surface area contributed by atoms with Gasteiger partial charge >= 0.3 is 0 Å². The van der Waals surface area contributed by atoms with Crippen LogP contribution in [-0.4, -0.2) is 9.97 Å². The highest BCUT2D eigenvalue weighted by atomic mass is 32.1. The average molecular weight is 393 g/mol. The monoisotopic (exact) mass is 393 g/mol. The number of rotatable bonds is 4. The molecule has 0 unspecified atom stereocenters. The second kappa shape index (κ2) is 6.95. The van der Waals surface area contributed by atoms with Crippen molar-refractivity contribution < 1.29 is 8.78 Å². The van der Waals surface area contributed by atoms with Crippen molar-refractivity contribution in [3.8, 4) is 0 Å². The maximum absolute atomic E-state index is 13.7. The number of hydrogen-bond donors (Lipinski definition) is 1. The number of nitrogens with zero attached hydrogens (tertiary/aromatic N) is 2. The van der Waals surface area contributed by atoms with Crippen LogP contribution in [-0.2, 0) is 19.3 Å². The number of nitrogens with one attached hydrogen (secondary N) is 1. The number of halogens is 2. The van der Waals surface area contributed by atoms with Gasteiger partial charge in [0.2, 0.25) is 0 Å². The molecular weight excluding hydrogens is 376 g/mol. The van der Waals surface area contributed by atoms with Gasteiger partial charge in [0.1, 0.15) is 16.5 Å². The van der Waals surface area contributed by atoms with Gasteiger partial charge in [0, 0.05) is 23.1 Å². The maximum Gasteiger partial charge on any atom is 0.160 e. The summed E-state index contributed by atoms with van der Waals surface area (Å²) in [5.41, 5.74) is 2.89. The molecule has 28 heavy (non-hydrogen) atoms. The van der Waals surface area contributed by atoms with Gasteiger partial charge in [-0.1, -0.05) is 30.3 Å². The number of benzene rings is 2. The van der Waals surface area contributed by atoms with Crippen LogP contribution in [0.5, 0.6) is 0 Å². The van der Waals surface area contributed by atoms with Gasteiger partial charge < -0.3 is 5.32 Å². The van der Waals surface area contributed by atoms with Gasteiger partial charge in [0.25, 0.3) is 0 Å². The molecular formula is C22H17F2N3S. The first-order valence-corrected chi connectivity index (χ1v) is 10.1. The Kier molecular flexibility index (Phi) is 4.28. The summed E-state index contributed by atoms with van der Waals surface area (Å²) in [5, 5.41) is 4.22. The molecule has 2 heterocycles. The lowest BCUT2D eigenvalue weighted by atomic mass is 10.1. The van der Waals surface area contributed by atoms with Gasteiger partial charge in [-0.25, -0.2) is 18.7 Å². The van der Waals surface area contributed by atoms with E-state index >= 15 is 0 Å². The minimum Gasteiger partial charge on any atom is -0.339 e. The van der Waals surface area contributed by atoms with Crippen molar-refractivity contribution in [1.82, 2.24) is 9.97 Å². The van der Waals surface area contributed by atoms with Crippen LogP contribution in [0.4, 0.5) is 20.3 Å². The third-order valence-electron chi connectivity index (χ3n) is 5.00. The van der Waals surface area contributed by atoms with Crippen molar-refractivity contribution in [3.05, 3.63) is 82.0 Å². The van der Waals surface area contributed by atoms with Crippen LogP contribution in [0.25, 0.3) is 10.2 Å². The lowest BCUT2D eigenvalue weighted by molar-refractivity contribution is 0.509. The fourth-order valence-electron chi connectivity index (χ4n) is 3.70. The molecule has 0 fully saturated rings. The van der Waals surface area contributed by atoms with Crippen LogP contribution in [0, 0.1) is 11.6 Å². The van der Waals surface area contributed by atoms with Gasteiger partial charge in [0.15, 0.2) is 11.6 Å². The standard InChI is InChI=1S/C22H17F2N3S/c23-16-10-9-14(12-17(16)24)25-21-20-15-7-4-8-18(15)28-22(20)27-19(26-21)11-13-5-2-1-3-6-13/h1-3,5-6,9-10,12H,4,7-8,11H2,(H,25,26,27). The summed E-state index contributed by atoms with van der Waals surface area (Å²) in [7, 11) is 0. The molecule has 3 nitrogen and oxygen atoms in total. The van der Waals surface area contributed by atoms with Crippen LogP contribution in [0.2, 0.25) is 0 Å². The van der Waals surface area contributed by atoms with Crippen molar-refractivity contribution >= 4 is 33.1 Å². The summed E-state index contributed by atoms with van der Waals surface area (Å²) < 4.78 is 27.0. The molecule has 2 aromatic carbocycles. The van der Waals surface area contributed by atoms with Gasteiger partial charge in [-0.3, -0.25) is 0 Å². The predicted molar refractivity (Wildman–Crippen MR) is 108 cm³/mol. The molecule has 1 aliphatic carbocycles. The zero-order valence-corrected chi connectivity index (χ0v) is 15.8. The molecule has 0 saturated carbocycles. The smallest absolute Gasteiger partial charge is 0.160 e. The summed E-state index contributed by atoms with van der Waals surface area (Å²) in [6, 6.07) is 13.9. The molecule has 0 bridgehead atoms. The number of fused-ring (bicyclic) bond motifs is 3. The Morgan fingerprint density at radius 1 is 0.964 bits per heavy atom. The van der Waals surface area contributed by atoms with Crippen LogP contribution >= 0.6 is 11.3 Å². The summed E-state index contributed by atoms with van der Waals surface area (Å²) in [4.78, 5) is 11.9. The Bertz CT molecular complexity index is 1170. The molecule has 4 aromatic rings. The zero-order chi connectivity index (χ0) is 19.1. The third-order valence-corrected chi connectivity index (χ3v) is 6.18. The molecule has 6 heteroatoms. The van der Waals surface area contributed by atoms with Crippen LogP contribution in [0.15, 0.2) is 48.5 Å². The number of hydrogen-bond acceptors (Lipinski definition) is 4. The molecule has 140 valence electrons. The first-order chi connectivity index (χ1) is 13.7. The Morgan fingerprint density at radius 2 is 1.82 bits per heavy atom. The lowest BCUT2D eigenvalue weighted by Crippen LogP contribution is -2.03. The van der Waals surface area contributed by atoms with Gasteiger partial charge in [-0.15, -0.1) is 11.3 Å². The fourth-order valence-corrected chi connectivity index (χ4v) is 4.98. The largest absolute Gasteiger partial charge is 0.339 e. The summed E-state index contributed by atoms with van der Waals surface area (Å²) in [6.07, 6.45) is 3.82. The van der Waals surface area contributed by atoms with E-state index in [0.717, 1.165) is 47.2 Å². The molecule has 0 saturated heterocycles. The number of anilines is 2. The minimum atomic E-state index is -0.879. The van der Waals surface area contributed by atoms with Crippen LogP contribution in [0.1, 0.15) is 28.2 Å². The van der Waals surface area contributed by atoms with Crippen molar-refractivity contribution in [1.29, 1.82) is 0 Å². The predicted octanol–water partition coefficient (Wildman–Crippen LogP) is 5.79. The highest BCUT2D eigenvalue weighted by Crippen LogP contribution is 2.40. The summed E-state index contributed by atoms with van der Waals surface area (Å²) in [5.74, 6) is -0.361. The van der Waals surface area contributed by atoms with Gasteiger partial charge in [0.05, 0.1) is 5.39 Å². The van der Waals surface area contributed by atoms with Crippen LogP contribution < -0.4 is 5.32 Å². The second-order valence-corrected chi connectivity index (χ2v) is 8.03.